The Morgan fingerprint density at radius 3 is 2.20 bits per heavy atom. The predicted octanol–water partition coefficient (Wildman–Crippen LogP) is -1.02. The fourth-order valence-corrected chi connectivity index (χ4v) is 1.90. The van der Waals surface area contributed by atoms with Crippen molar-refractivity contribution in [2.24, 2.45) is 0 Å². The van der Waals surface area contributed by atoms with Crippen LogP contribution in [0.5, 0.6) is 0 Å². The Hall–Kier alpha value is -0.120. The normalized spacial score (nSPS) is 45.9. The molecule has 3 aliphatic heterocycles. The number of rotatable bonds is 1. The molecule has 0 aromatic heterocycles. The zero-order valence-corrected chi connectivity index (χ0v) is 6.16. The van der Waals surface area contributed by atoms with Crippen molar-refractivity contribution in [2.45, 2.75) is 6.04 Å². The molecule has 10 heavy (non-hydrogen) atoms. The van der Waals surface area contributed by atoms with Crippen molar-refractivity contribution in [3.63, 3.8) is 0 Å². The van der Waals surface area contributed by atoms with Gasteiger partial charge in [-0.2, -0.15) is 0 Å². The first kappa shape index (κ1) is 6.58. The quantitative estimate of drug-likeness (QED) is 0.507. The standard InChI is InChI=1S/C7H14N2O/c10-6-7-5-8-1-3-9(7)4-2-8/h7,10H,1-6H2/t7-/m1/s1. The number of hydrogen-bond acceptors (Lipinski definition) is 3. The molecule has 0 aromatic carbocycles. The Labute approximate surface area is 61.2 Å². The molecule has 3 fully saturated rings. The number of hydrogen-bond donors (Lipinski definition) is 1. The molecule has 58 valence electrons. The molecule has 3 heteroatoms. The van der Waals surface area contributed by atoms with Crippen LogP contribution in [0.25, 0.3) is 0 Å². The Balaban J connectivity index is 2.01. The van der Waals surface area contributed by atoms with Gasteiger partial charge in [-0.15, -0.1) is 0 Å². The van der Waals surface area contributed by atoms with Crippen LogP contribution in [-0.2, 0) is 0 Å². The molecular formula is C7H14N2O. The van der Waals surface area contributed by atoms with Crippen molar-refractivity contribution in [1.29, 1.82) is 0 Å². The van der Waals surface area contributed by atoms with Gasteiger partial charge in [-0.1, -0.05) is 0 Å². The van der Waals surface area contributed by atoms with Gasteiger partial charge in [0.1, 0.15) is 0 Å². The maximum atomic E-state index is 8.94. The Bertz CT molecular complexity index is 121. The third-order valence-corrected chi connectivity index (χ3v) is 2.60. The van der Waals surface area contributed by atoms with Crippen LogP contribution in [-0.4, -0.2) is 60.3 Å². The summed E-state index contributed by atoms with van der Waals surface area (Å²) in [5, 5.41) is 8.94. The molecule has 2 bridgehead atoms. The van der Waals surface area contributed by atoms with E-state index < -0.39 is 0 Å². The minimum absolute atomic E-state index is 0.330. The summed E-state index contributed by atoms with van der Waals surface area (Å²) in [5.41, 5.74) is 0. The summed E-state index contributed by atoms with van der Waals surface area (Å²) in [6, 6.07) is 0.433. The van der Waals surface area contributed by atoms with Crippen LogP contribution in [0.4, 0.5) is 0 Å². The summed E-state index contributed by atoms with van der Waals surface area (Å²) in [6.45, 7) is 6.14. The lowest BCUT2D eigenvalue weighted by Gasteiger charge is -2.46. The molecule has 0 radical (unpaired) electrons. The number of fused-ring (bicyclic) bond motifs is 3. The van der Waals surface area contributed by atoms with Crippen LogP contribution >= 0.6 is 0 Å². The fraction of sp³-hybridized carbons (Fsp3) is 1.00. The van der Waals surface area contributed by atoms with E-state index in [9.17, 15) is 0 Å². The molecule has 0 unspecified atom stereocenters. The van der Waals surface area contributed by atoms with Crippen molar-refractivity contribution in [1.82, 2.24) is 9.80 Å². The van der Waals surface area contributed by atoms with E-state index in [2.05, 4.69) is 9.80 Å². The highest BCUT2D eigenvalue weighted by Gasteiger charge is 2.30. The van der Waals surface area contributed by atoms with Gasteiger partial charge >= 0.3 is 0 Å². The van der Waals surface area contributed by atoms with Crippen LogP contribution in [0.3, 0.4) is 0 Å². The fourth-order valence-electron chi connectivity index (χ4n) is 1.90. The first-order valence-corrected chi connectivity index (χ1v) is 3.97. The third-order valence-electron chi connectivity index (χ3n) is 2.60. The van der Waals surface area contributed by atoms with Crippen molar-refractivity contribution in [3.8, 4) is 0 Å². The summed E-state index contributed by atoms with van der Waals surface area (Å²) in [7, 11) is 0. The molecule has 0 aromatic rings. The van der Waals surface area contributed by atoms with Crippen molar-refractivity contribution in [3.05, 3.63) is 0 Å². The molecule has 0 saturated carbocycles. The smallest absolute Gasteiger partial charge is 0.0599 e. The second-order valence-electron chi connectivity index (χ2n) is 3.17. The average Bonchev–Trinajstić information content (AvgIpc) is 2.06. The molecule has 0 amide bonds. The maximum absolute atomic E-state index is 8.94. The second-order valence-corrected chi connectivity index (χ2v) is 3.17. The lowest BCUT2D eigenvalue weighted by molar-refractivity contribution is -0.0104. The lowest BCUT2D eigenvalue weighted by atomic mass is 10.1. The molecule has 1 N–H and O–H groups in total. The van der Waals surface area contributed by atoms with Gasteiger partial charge in [0, 0.05) is 38.8 Å². The Morgan fingerprint density at radius 1 is 1.20 bits per heavy atom. The van der Waals surface area contributed by atoms with Crippen LogP contribution in [0.2, 0.25) is 0 Å². The SMILES string of the molecule is OC[C@H]1CN2CCN1CC2. The van der Waals surface area contributed by atoms with Gasteiger partial charge in [-0.25, -0.2) is 0 Å². The van der Waals surface area contributed by atoms with E-state index in [4.69, 9.17) is 5.11 Å². The maximum Gasteiger partial charge on any atom is 0.0599 e. The lowest BCUT2D eigenvalue weighted by Crippen LogP contribution is -2.61. The molecule has 3 aliphatic rings. The van der Waals surface area contributed by atoms with E-state index in [1.807, 2.05) is 0 Å². The molecule has 3 rings (SSSR count). The zero-order valence-electron chi connectivity index (χ0n) is 6.16. The first-order chi connectivity index (χ1) is 4.90. The van der Waals surface area contributed by atoms with Gasteiger partial charge in [0.15, 0.2) is 0 Å². The highest BCUT2D eigenvalue weighted by Crippen LogP contribution is 2.14. The van der Waals surface area contributed by atoms with E-state index in [0.717, 1.165) is 19.6 Å². The molecule has 1 atom stereocenters. The molecular weight excluding hydrogens is 128 g/mol. The Kier molecular flexibility index (Phi) is 1.64. The molecule has 3 heterocycles. The van der Waals surface area contributed by atoms with Crippen molar-refractivity contribution in [2.75, 3.05) is 39.3 Å². The molecule has 0 aliphatic carbocycles. The minimum Gasteiger partial charge on any atom is -0.395 e. The summed E-state index contributed by atoms with van der Waals surface area (Å²) >= 11 is 0. The predicted molar refractivity (Wildman–Crippen MR) is 38.9 cm³/mol. The zero-order chi connectivity index (χ0) is 6.97. The van der Waals surface area contributed by atoms with Crippen LogP contribution in [0.1, 0.15) is 0 Å². The minimum atomic E-state index is 0.330. The van der Waals surface area contributed by atoms with E-state index in [1.165, 1.54) is 13.1 Å². The van der Waals surface area contributed by atoms with Crippen molar-refractivity contribution < 1.29 is 5.11 Å². The van der Waals surface area contributed by atoms with Gasteiger partial charge in [-0.05, 0) is 0 Å². The van der Waals surface area contributed by atoms with Crippen LogP contribution in [0.15, 0.2) is 0 Å². The van der Waals surface area contributed by atoms with Crippen LogP contribution in [0, 0.1) is 0 Å². The highest BCUT2D eigenvalue weighted by atomic mass is 16.3. The van der Waals surface area contributed by atoms with E-state index in [1.54, 1.807) is 0 Å². The number of nitrogens with zero attached hydrogens (tertiary/aromatic N) is 2. The number of piperazine rings is 3. The van der Waals surface area contributed by atoms with Gasteiger partial charge in [-0.3, -0.25) is 9.80 Å². The van der Waals surface area contributed by atoms with Gasteiger partial charge in [0.05, 0.1) is 6.61 Å². The van der Waals surface area contributed by atoms with Gasteiger partial charge < -0.3 is 5.11 Å². The molecule has 3 saturated heterocycles. The van der Waals surface area contributed by atoms with Crippen molar-refractivity contribution >= 4 is 0 Å². The molecule has 0 spiro atoms. The Morgan fingerprint density at radius 2 is 1.90 bits per heavy atom. The van der Waals surface area contributed by atoms with Crippen LogP contribution < -0.4 is 0 Å². The van der Waals surface area contributed by atoms with Gasteiger partial charge in [0.2, 0.25) is 0 Å². The monoisotopic (exact) mass is 142 g/mol. The summed E-state index contributed by atoms with van der Waals surface area (Å²) in [6.07, 6.45) is 0. The topological polar surface area (TPSA) is 26.7 Å². The van der Waals surface area contributed by atoms with E-state index in [-0.39, 0.29) is 0 Å². The van der Waals surface area contributed by atoms with E-state index in [0.29, 0.717) is 12.6 Å². The third kappa shape index (κ3) is 0.944. The average molecular weight is 142 g/mol. The van der Waals surface area contributed by atoms with Gasteiger partial charge in [0.25, 0.3) is 0 Å². The number of aliphatic hydroxyl groups is 1. The molecule has 3 nitrogen and oxygen atoms in total. The second kappa shape index (κ2) is 2.49. The van der Waals surface area contributed by atoms with E-state index >= 15 is 0 Å². The summed E-state index contributed by atoms with van der Waals surface area (Å²) in [5.74, 6) is 0. The number of aliphatic hydroxyl groups excluding tert-OH is 1. The largest absolute Gasteiger partial charge is 0.395 e. The summed E-state index contributed by atoms with van der Waals surface area (Å²) in [4.78, 5) is 4.82. The summed E-state index contributed by atoms with van der Waals surface area (Å²) < 4.78 is 0. The highest BCUT2D eigenvalue weighted by molar-refractivity contribution is 4.87. The first-order valence-electron chi connectivity index (χ1n) is 3.97.